The minimum Gasteiger partial charge on any atom is -0.508 e. The van der Waals surface area contributed by atoms with Crippen LogP contribution in [-0.4, -0.2) is 48.1 Å². The first-order chi connectivity index (χ1) is 12.9. The molecule has 2 N–H and O–H groups in total. The van der Waals surface area contributed by atoms with Gasteiger partial charge in [0.1, 0.15) is 5.75 Å². The number of aromatic hydroxyl groups is 1. The molecule has 0 bridgehead atoms. The van der Waals surface area contributed by atoms with E-state index in [0.29, 0.717) is 18.5 Å². The Bertz CT molecular complexity index is 925. The van der Waals surface area contributed by atoms with Gasteiger partial charge in [0.2, 0.25) is 5.91 Å². The van der Waals surface area contributed by atoms with Crippen LogP contribution in [-0.2, 0) is 19.7 Å². The monoisotopic (exact) mass is 366 g/mol. The van der Waals surface area contributed by atoms with Gasteiger partial charge in [-0.15, -0.1) is 6.58 Å². The van der Waals surface area contributed by atoms with E-state index >= 15 is 0 Å². The standard InChI is InChI=1S/C21H22N2O4/c1-3-19-7-4-9-23-10-8-20(16(19)23)14-11-13(24)5-6-15(14)22-17(25)21(20,12-19)18(26)27-2/h3-7,11,16,24H,1,8-10,12H2,2H3,(H,22,25). The number of ether oxygens (including phenoxy) is 1. The van der Waals surface area contributed by atoms with Crippen LogP contribution in [0.2, 0.25) is 0 Å². The normalized spacial score (nSPS) is 38.6. The number of hydrogen-bond donors (Lipinski definition) is 2. The first-order valence-electron chi connectivity index (χ1n) is 9.24. The van der Waals surface area contributed by atoms with Crippen LogP contribution < -0.4 is 5.32 Å². The number of methoxy groups -OCH3 is 1. The molecule has 6 heteroatoms. The van der Waals surface area contributed by atoms with Crippen molar-refractivity contribution in [1.29, 1.82) is 0 Å². The molecule has 0 aromatic heterocycles. The number of nitrogens with one attached hydrogen (secondary N) is 1. The molecule has 1 aromatic carbocycles. The largest absolute Gasteiger partial charge is 0.508 e. The number of fused-ring (bicyclic) bond motifs is 1. The van der Waals surface area contributed by atoms with E-state index in [0.717, 1.165) is 18.7 Å². The highest BCUT2D eigenvalue weighted by Crippen LogP contribution is 2.71. The van der Waals surface area contributed by atoms with Crippen LogP contribution in [0.5, 0.6) is 5.75 Å². The summed E-state index contributed by atoms with van der Waals surface area (Å²) < 4.78 is 5.21. The molecule has 1 saturated carbocycles. The third-order valence-corrected chi connectivity index (χ3v) is 7.27. The Morgan fingerprint density at radius 1 is 1.48 bits per heavy atom. The van der Waals surface area contributed by atoms with Gasteiger partial charge in [0.15, 0.2) is 5.41 Å². The van der Waals surface area contributed by atoms with Crippen molar-refractivity contribution >= 4 is 17.6 Å². The molecule has 1 aliphatic carbocycles. The number of amides is 1. The zero-order valence-corrected chi connectivity index (χ0v) is 15.2. The summed E-state index contributed by atoms with van der Waals surface area (Å²) >= 11 is 0. The summed E-state index contributed by atoms with van der Waals surface area (Å²) in [7, 11) is 1.33. The second kappa shape index (κ2) is 5.01. The van der Waals surface area contributed by atoms with E-state index in [4.69, 9.17) is 4.74 Å². The van der Waals surface area contributed by atoms with Gasteiger partial charge in [-0.25, -0.2) is 0 Å². The maximum Gasteiger partial charge on any atom is 0.322 e. The van der Waals surface area contributed by atoms with Crippen molar-refractivity contribution in [2.75, 3.05) is 25.5 Å². The predicted octanol–water partition coefficient (Wildman–Crippen LogP) is 1.96. The van der Waals surface area contributed by atoms with Gasteiger partial charge in [0.05, 0.1) is 7.11 Å². The predicted molar refractivity (Wildman–Crippen MR) is 99.2 cm³/mol. The van der Waals surface area contributed by atoms with Gasteiger partial charge in [-0.05, 0) is 43.1 Å². The fourth-order valence-corrected chi connectivity index (χ4v) is 6.42. The zero-order valence-electron chi connectivity index (χ0n) is 15.2. The molecule has 4 atom stereocenters. The van der Waals surface area contributed by atoms with Crippen LogP contribution in [0.15, 0.2) is 43.0 Å². The molecule has 4 aliphatic rings. The maximum absolute atomic E-state index is 13.5. The summed E-state index contributed by atoms with van der Waals surface area (Å²) in [5.74, 6) is -0.711. The number of carbonyl (C=O) groups excluding carboxylic acids is 2. The lowest BCUT2D eigenvalue weighted by atomic mass is 9.57. The van der Waals surface area contributed by atoms with Crippen molar-refractivity contribution in [3.05, 3.63) is 48.6 Å². The Labute approximate surface area is 157 Å². The van der Waals surface area contributed by atoms with Gasteiger partial charge in [0, 0.05) is 29.1 Å². The van der Waals surface area contributed by atoms with Gasteiger partial charge in [-0.2, -0.15) is 0 Å². The first kappa shape index (κ1) is 16.6. The number of nitrogens with zero attached hydrogens (tertiary/aromatic N) is 1. The molecule has 1 saturated heterocycles. The quantitative estimate of drug-likeness (QED) is 0.362. The fraction of sp³-hybridized carbons (Fsp3) is 0.429. The van der Waals surface area contributed by atoms with Crippen LogP contribution in [0.4, 0.5) is 5.69 Å². The summed E-state index contributed by atoms with van der Waals surface area (Å²) in [6.45, 7) is 5.62. The van der Waals surface area contributed by atoms with Gasteiger partial charge in [-0.3, -0.25) is 14.5 Å². The molecule has 3 aliphatic heterocycles. The number of phenolic OH excluding ortho intramolecular Hbond substituents is 1. The molecule has 4 unspecified atom stereocenters. The number of phenols is 1. The van der Waals surface area contributed by atoms with E-state index in [9.17, 15) is 14.7 Å². The lowest BCUT2D eigenvalue weighted by molar-refractivity contribution is -0.162. The topological polar surface area (TPSA) is 78.9 Å². The second-order valence-electron chi connectivity index (χ2n) is 8.10. The summed E-state index contributed by atoms with van der Waals surface area (Å²) in [6.07, 6.45) is 7.04. The number of anilines is 1. The first-order valence-corrected chi connectivity index (χ1v) is 9.24. The molecule has 27 heavy (non-hydrogen) atoms. The van der Waals surface area contributed by atoms with Crippen molar-refractivity contribution in [3.8, 4) is 5.75 Å². The van der Waals surface area contributed by atoms with Crippen molar-refractivity contribution < 1.29 is 19.4 Å². The molecule has 6 nitrogen and oxygen atoms in total. The number of rotatable bonds is 2. The van der Waals surface area contributed by atoms with E-state index in [2.05, 4.69) is 28.9 Å². The summed E-state index contributed by atoms with van der Waals surface area (Å²) in [4.78, 5) is 29.0. The number of carbonyl (C=O) groups is 2. The molecule has 140 valence electrons. The minimum absolute atomic E-state index is 0.0850. The Hall–Kier alpha value is -2.60. The molecule has 3 heterocycles. The molecule has 5 rings (SSSR count). The summed E-state index contributed by atoms with van der Waals surface area (Å²) in [5, 5.41) is 13.1. The fourth-order valence-electron chi connectivity index (χ4n) is 6.42. The van der Waals surface area contributed by atoms with Crippen LogP contribution in [0.1, 0.15) is 18.4 Å². The number of benzene rings is 1. The van der Waals surface area contributed by atoms with Crippen LogP contribution in [0, 0.1) is 10.8 Å². The zero-order chi connectivity index (χ0) is 19.0. The summed E-state index contributed by atoms with van der Waals surface area (Å²) in [6, 6.07) is 4.89. The molecule has 1 spiro atoms. The Balaban J connectivity index is 1.90. The minimum atomic E-state index is -1.36. The van der Waals surface area contributed by atoms with Gasteiger partial charge in [0.25, 0.3) is 0 Å². The Morgan fingerprint density at radius 3 is 3.04 bits per heavy atom. The van der Waals surface area contributed by atoms with Gasteiger partial charge < -0.3 is 15.2 Å². The Kier molecular flexibility index (Phi) is 3.07. The summed E-state index contributed by atoms with van der Waals surface area (Å²) in [5.41, 5.74) is -1.15. The van der Waals surface area contributed by atoms with Crippen molar-refractivity contribution in [2.45, 2.75) is 24.3 Å². The average Bonchev–Trinajstić information content (AvgIpc) is 3.20. The van der Waals surface area contributed by atoms with Crippen molar-refractivity contribution in [3.63, 3.8) is 0 Å². The lowest BCUT2D eigenvalue weighted by Crippen LogP contribution is -2.61. The highest BCUT2D eigenvalue weighted by molar-refractivity contribution is 6.14. The average molecular weight is 366 g/mol. The van der Waals surface area contributed by atoms with E-state index in [1.54, 1.807) is 18.2 Å². The lowest BCUT2D eigenvalue weighted by Gasteiger charge is -2.48. The molecule has 2 fully saturated rings. The van der Waals surface area contributed by atoms with E-state index in [1.165, 1.54) is 7.11 Å². The molecular formula is C21H22N2O4. The molecule has 0 radical (unpaired) electrons. The van der Waals surface area contributed by atoms with Crippen molar-refractivity contribution in [2.24, 2.45) is 10.8 Å². The molecular weight excluding hydrogens is 344 g/mol. The third-order valence-electron chi connectivity index (χ3n) is 7.27. The molecule has 1 aromatic rings. The van der Waals surface area contributed by atoms with E-state index in [1.807, 2.05) is 6.08 Å². The SMILES string of the molecule is C=CC12C=CCN3CCC4(c5cc(O)ccc5NC(=O)C4(C(=O)OC)C1)C32. The van der Waals surface area contributed by atoms with E-state index in [-0.39, 0.29) is 17.7 Å². The van der Waals surface area contributed by atoms with Crippen molar-refractivity contribution in [1.82, 2.24) is 4.90 Å². The number of esters is 1. The van der Waals surface area contributed by atoms with Crippen LogP contribution in [0.25, 0.3) is 0 Å². The maximum atomic E-state index is 13.5. The smallest absolute Gasteiger partial charge is 0.322 e. The van der Waals surface area contributed by atoms with Gasteiger partial charge >= 0.3 is 5.97 Å². The highest BCUT2D eigenvalue weighted by Gasteiger charge is 2.80. The number of hydrogen-bond acceptors (Lipinski definition) is 5. The highest BCUT2D eigenvalue weighted by atomic mass is 16.5. The molecule has 1 amide bonds. The third kappa shape index (κ3) is 1.62. The second-order valence-corrected chi connectivity index (χ2v) is 8.10. The van der Waals surface area contributed by atoms with E-state index < -0.39 is 22.2 Å². The van der Waals surface area contributed by atoms with Crippen LogP contribution in [0.3, 0.4) is 0 Å². The Morgan fingerprint density at radius 2 is 2.30 bits per heavy atom. The van der Waals surface area contributed by atoms with Gasteiger partial charge in [-0.1, -0.05) is 18.2 Å². The van der Waals surface area contributed by atoms with Crippen LogP contribution >= 0.6 is 0 Å².